The number of hydrogen-bond acceptors (Lipinski definition) is 10. The minimum Gasteiger partial charge on any atom is -0.497 e. The Morgan fingerprint density at radius 2 is 1.64 bits per heavy atom. The molecule has 3 aromatic carbocycles. The highest BCUT2D eigenvalue weighted by Crippen LogP contribution is 2.32. The minimum atomic E-state index is -3.74. The van der Waals surface area contributed by atoms with Crippen LogP contribution in [0.3, 0.4) is 0 Å². The van der Waals surface area contributed by atoms with Gasteiger partial charge in [-0.05, 0) is 108 Å². The van der Waals surface area contributed by atoms with Gasteiger partial charge < -0.3 is 19.9 Å². The van der Waals surface area contributed by atoms with Crippen LogP contribution in [0, 0.1) is 6.92 Å². The average Bonchev–Trinajstić information content (AvgIpc) is 3.41. The maximum Gasteiger partial charge on any atom is 0.338 e. The molecular formula is C39H45BrClN3O8S. The maximum absolute atomic E-state index is 13.6. The number of methoxy groups -OCH3 is 1. The topological polar surface area (TPSA) is 147 Å². The predicted octanol–water partition coefficient (Wildman–Crippen LogP) is 7.16. The molecule has 14 heteroatoms. The van der Waals surface area contributed by atoms with E-state index in [4.69, 9.17) is 31.5 Å². The molecular weight excluding hydrogens is 786 g/mol. The van der Waals surface area contributed by atoms with Gasteiger partial charge in [0, 0.05) is 38.7 Å². The Kier molecular flexibility index (Phi) is 13.6. The molecule has 11 nitrogen and oxygen atoms in total. The number of nitrogens with two attached hydrogens (primary N) is 1. The fraction of sp³-hybridized carbons (Fsp3) is 0.410. The van der Waals surface area contributed by atoms with E-state index in [9.17, 15) is 22.8 Å². The fourth-order valence-corrected chi connectivity index (χ4v) is 8.31. The first-order valence-corrected chi connectivity index (χ1v) is 20.6. The second kappa shape index (κ2) is 17.9. The lowest BCUT2D eigenvalue weighted by Crippen LogP contribution is -2.36. The first kappa shape index (κ1) is 40.3. The Hall–Kier alpha value is -3.91. The van der Waals surface area contributed by atoms with E-state index in [2.05, 4.69) is 27.8 Å². The largest absolute Gasteiger partial charge is 0.497 e. The second-order valence-corrected chi connectivity index (χ2v) is 16.8. The van der Waals surface area contributed by atoms with Crippen molar-refractivity contribution in [2.24, 2.45) is 0 Å². The zero-order valence-corrected chi connectivity index (χ0v) is 33.3. The van der Waals surface area contributed by atoms with E-state index >= 15 is 0 Å². The number of anilines is 1. The van der Waals surface area contributed by atoms with Crippen molar-refractivity contribution in [2.75, 3.05) is 44.1 Å². The number of nitrogens with zero attached hydrogens (tertiary/aromatic N) is 2. The van der Waals surface area contributed by atoms with Crippen LogP contribution in [-0.2, 0) is 37.1 Å². The molecule has 1 heterocycles. The summed E-state index contributed by atoms with van der Waals surface area (Å²) in [5.74, 6) is -1.98. The summed E-state index contributed by atoms with van der Waals surface area (Å²) in [6.07, 6.45) is 5.73. The monoisotopic (exact) mass is 829 g/mol. The van der Waals surface area contributed by atoms with Gasteiger partial charge in [-0.3, -0.25) is 19.1 Å². The first-order valence-electron chi connectivity index (χ1n) is 17.6. The molecule has 284 valence electrons. The van der Waals surface area contributed by atoms with Crippen LogP contribution in [0.2, 0.25) is 5.02 Å². The first-order chi connectivity index (χ1) is 25.3. The number of esters is 2. The van der Waals surface area contributed by atoms with Gasteiger partial charge in [-0.15, -0.1) is 0 Å². The number of carbonyl (C=O) groups excluding carboxylic acids is 3. The van der Waals surface area contributed by atoms with Gasteiger partial charge in [0.05, 0.1) is 41.8 Å². The molecule has 0 aliphatic heterocycles. The van der Waals surface area contributed by atoms with Gasteiger partial charge in [-0.2, -0.15) is 0 Å². The Bertz CT molecular complexity index is 2080. The molecule has 4 aromatic rings. The van der Waals surface area contributed by atoms with Crippen molar-refractivity contribution in [1.82, 2.24) is 9.47 Å². The minimum absolute atomic E-state index is 0.204. The van der Waals surface area contributed by atoms with E-state index in [1.807, 2.05) is 0 Å². The Balaban J connectivity index is 1.16. The standard InChI is InChI=1S/C39H45BrClN3O8S/c1-4-43(30-8-6-5-7-9-30)24-28-20-27(21-34(40)37(28)42)39(47)52-17-19-53(48,49)18-16-51-36(45)23-32-25(2)44(35-15-14-31(50-3)22-33(32)35)38(46)26-10-12-29(41)13-11-26/h10-15,20-22,30H,4-9,16-19,23-24,42H2,1-3H3. The SMILES string of the molecule is CCN(Cc1cc(C(=O)OCCS(=O)(=O)CCOC(=O)Cc2c(C)n(C(=O)c3ccc(Cl)cc3)c3ccc(OC)cc23)cc(Br)c1N)C1CCCCC1. The molecule has 0 spiro atoms. The Labute approximate surface area is 323 Å². The summed E-state index contributed by atoms with van der Waals surface area (Å²) in [5.41, 5.74) is 10.1. The highest BCUT2D eigenvalue weighted by molar-refractivity contribution is 9.10. The molecule has 53 heavy (non-hydrogen) atoms. The number of rotatable bonds is 15. The summed E-state index contributed by atoms with van der Waals surface area (Å²) < 4.78 is 43.8. The summed E-state index contributed by atoms with van der Waals surface area (Å²) in [5, 5.41) is 1.12. The van der Waals surface area contributed by atoms with Crippen molar-refractivity contribution in [3.8, 4) is 5.75 Å². The van der Waals surface area contributed by atoms with Gasteiger partial charge in [0.1, 0.15) is 19.0 Å². The number of nitrogen functional groups attached to an aromatic ring is 1. The van der Waals surface area contributed by atoms with Gasteiger partial charge in [0.25, 0.3) is 5.91 Å². The summed E-state index contributed by atoms with van der Waals surface area (Å²) in [6.45, 7) is 4.55. The molecule has 0 bridgehead atoms. The zero-order valence-electron chi connectivity index (χ0n) is 30.2. The molecule has 0 radical (unpaired) electrons. The fourth-order valence-electron chi connectivity index (χ4n) is 6.81. The van der Waals surface area contributed by atoms with Crippen LogP contribution in [0.1, 0.15) is 76.6 Å². The van der Waals surface area contributed by atoms with Crippen LogP contribution in [0.15, 0.2) is 59.1 Å². The van der Waals surface area contributed by atoms with E-state index in [0.29, 0.717) is 61.2 Å². The van der Waals surface area contributed by atoms with Crippen LogP contribution in [0.5, 0.6) is 5.75 Å². The lowest BCUT2D eigenvalue weighted by atomic mass is 9.93. The number of hydrogen-bond donors (Lipinski definition) is 1. The maximum atomic E-state index is 13.6. The number of fused-ring (bicyclic) bond motifs is 1. The Morgan fingerprint density at radius 3 is 2.30 bits per heavy atom. The van der Waals surface area contributed by atoms with Crippen molar-refractivity contribution in [3.05, 3.63) is 92.0 Å². The third-order valence-corrected chi connectivity index (χ3v) is 12.2. The lowest BCUT2D eigenvalue weighted by molar-refractivity contribution is -0.142. The van der Waals surface area contributed by atoms with Gasteiger partial charge in [0.15, 0.2) is 9.84 Å². The summed E-state index contributed by atoms with van der Waals surface area (Å²) in [6, 6.07) is 15.5. The van der Waals surface area contributed by atoms with Gasteiger partial charge >= 0.3 is 11.9 Å². The van der Waals surface area contributed by atoms with Crippen LogP contribution in [0.4, 0.5) is 5.69 Å². The van der Waals surface area contributed by atoms with Gasteiger partial charge in [-0.25, -0.2) is 13.2 Å². The van der Waals surface area contributed by atoms with Crippen LogP contribution in [0.25, 0.3) is 10.9 Å². The molecule has 1 saturated carbocycles. The van der Waals surface area contributed by atoms with E-state index in [1.165, 1.54) is 30.9 Å². The van der Waals surface area contributed by atoms with E-state index < -0.39 is 33.3 Å². The van der Waals surface area contributed by atoms with Crippen molar-refractivity contribution in [1.29, 1.82) is 0 Å². The lowest BCUT2D eigenvalue weighted by Gasteiger charge is -2.34. The number of halogens is 2. The average molecular weight is 831 g/mol. The number of carbonyl (C=O) groups is 3. The quantitative estimate of drug-likeness (QED) is 0.0968. The zero-order chi connectivity index (χ0) is 38.3. The van der Waals surface area contributed by atoms with Crippen molar-refractivity contribution in [2.45, 2.75) is 65.0 Å². The molecule has 1 fully saturated rings. The third kappa shape index (κ3) is 10.00. The molecule has 0 amide bonds. The van der Waals surface area contributed by atoms with Gasteiger partial charge in [-0.1, -0.05) is 37.8 Å². The number of aromatic nitrogens is 1. The molecule has 1 aromatic heterocycles. The number of sulfone groups is 1. The summed E-state index contributed by atoms with van der Waals surface area (Å²) >= 11 is 9.48. The van der Waals surface area contributed by atoms with Crippen molar-refractivity contribution in [3.63, 3.8) is 0 Å². The van der Waals surface area contributed by atoms with Crippen molar-refractivity contribution < 1.29 is 37.0 Å². The number of benzene rings is 3. The van der Waals surface area contributed by atoms with Crippen LogP contribution >= 0.6 is 27.5 Å². The van der Waals surface area contributed by atoms with Crippen LogP contribution < -0.4 is 10.5 Å². The summed E-state index contributed by atoms with van der Waals surface area (Å²) in [7, 11) is -2.22. The summed E-state index contributed by atoms with van der Waals surface area (Å²) in [4.78, 5) is 41.9. The highest BCUT2D eigenvalue weighted by Gasteiger charge is 2.25. The molecule has 1 aliphatic carbocycles. The number of ether oxygens (including phenoxy) is 3. The van der Waals surface area contributed by atoms with Crippen molar-refractivity contribution >= 4 is 71.8 Å². The molecule has 0 unspecified atom stereocenters. The molecule has 2 N–H and O–H groups in total. The van der Waals surface area contributed by atoms with E-state index in [0.717, 1.165) is 24.9 Å². The smallest absolute Gasteiger partial charge is 0.338 e. The normalized spacial score (nSPS) is 13.7. The van der Waals surface area contributed by atoms with E-state index in [-0.39, 0.29) is 31.1 Å². The van der Waals surface area contributed by atoms with Crippen LogP contribution in [-0.4, -0.2) is 80.1 Å². The molecule has 5 rings (SSSR count). The molecule has 1 aliphatic rings. The third-order valence-electron chi connectivity index (χ3n) is 9.76. The Morgan fingerprint density at radius 1 is 0.962 bits per heavy atom. The molecule has 0 atom stereocenters. The highest BCUT2D eigenvalue weighted by atomic mass is 79.9. The second-order valence-electron chi connectivity index (χ2n) is 13.2. The molecule has 0 saturated heterocycles. The predicted molar refractivity (Wildman–Crippen MR) is 210 cm³/mol. The van der Waals surface area contributed by atoms with E-state index in [1.54, 1.807) is 61.5 Å². The van der Waals surface area contributed by atoms with Gasteiger partial charge in [0.2, 0.25) is 0 Å².